The minimum Gasteiger partial charge on any atom is -0.497 e. The van der Waals surface area contributed by atoms with Crippen LogP contribution in [0.25, 0.3) is 0 Å². The lowest BCUT2D eigenvalue weighted by molar-refractivity contribution is 0.414. The highest BCUT2D eigenvalue weighted by atomic mass is 16.5. The number of aryl methyl sites for hydroxylation is 1. The fourth-order valence-corrected chi connectivity index (χ4v) is 2.29. The van der Waals surface area contributed by atoms with Gasteiger partial charge in [-0.2, -0.15) is 0 Å². The first kappa shape index (κ1) is 12.7. The lowest BCUT2D eigenvalue weighted by atomic mass is 9.83. The van der Waals surface area contributed by atoms with Gasteiger partial charge in [0.2, 0.25) is 0 Å². The van der Waals surface area contributed by atoms with Crippen LogP contribution in [0.4, 0.5) is 0 Å². The molecule has 1 unspecified atom stereocenters. The molecule has 0 radical (unpaired) electrons. The van der Waals surface area contributed by atoms with Crippen molar-refractivity contribution in [2.24, 2.45) is 5.73 Å². The Kier molecular flexibility index (Phi) is 3.39. The van der Waals surface area contributed by atoms with Gasteiger partial charge in [-0.15, -0.1) is 0 Å². The molecule has 0 aliphatic heterocycles. The molecule has 0 aromatic heterocycles. The van der Waals surface area contributed by atoms with E-state index in [1.165, 1.54) is 0 Å². The molecule has 1 atom stereocenters. The summed E-state index contributed by atoms with van der Waals surface area (Å²) in [6.07, 6.45) is 0. The van der Waals surface area contributed by atoms with Crippen LogP contribution in [-0.4, -0.2) is 7.11 Å². The first-order valence-corrected chi connectivity index (χ1v) is 6.05. The van der Waals surface area contributed by atoms with E-state index in [2.05, 4.69) is 19.1 Å². The number of methoxy groups -OCH3 is 1. The van der Waals surface area contributed by atoms with Crippen LogP contribution in [-0.2, 0) is 5.54 Å². The Morgan fingerprint density at radius 3 is 2.28 bits per heavy atom. The average Bonchev–Trinajstić information content (AvgIpc) is 2.39. The Morgan fingerprint density at radius 2 is 1.72 bits per heavy atom. The highest BCUT2D eigenvalue weighted by molar-refractivity contribution is 5.44. The number of rotatable bonds is 3. The SMILES string of the molecule is COc1ccc(C(C)(N)c2ccccc2)c(C)c1. The Labute approximate surface area is 108 Å². The van der Waals surface area contributed by atoms with E-state index in [0.717, 1.165) is 22.4 Å². The Balaban J connectivity index is 2.48. The van der Waals surface area contributed by atoms with Crippen molar-refractivity contribution in [1.29, 1.82) is 0 Å². The van der Waals surface area contributed by atoms with E-state index in [1.807, 2.05) is 43.3 Å². The van der Waals surface area contributed by atoms with E-state index >= 15 is 0 Å². The predicted molar refractivity (Wildman–Crippen MR) is 74.8 cm³/mol. The molecule has 0 heterocycles. The summed E-state index contributed by atoms with van der Waals surface area (Å²) in [4.78, 5) is 0. The van der Waals surface area contributed by atoms with E-state index in [1.54, 1.807) is 7.11 Å². The monoisotopic (exact) mass is 241 g/mol. The van der Waals surface area contributed by atoms with Crippen LogP contribution in [0.2, 0.25) is 0 Å². The molecule has 2 aromatic rings. The highest BCUT2D eigenvalue weighted by Crippen LogP contribution is 2.30. The van der Waals surface area contributed by atoms with Crippen LogP contribution in [0.5, 0.6) is 5.75 Å². The molecule has 2 N–H and O–H groups in total. The molecule has 94 valence electrons. The van der Waals surface area contributed by atoms with Crippen molar-refractivity contribution in [3.8, 4) is 5.75 Å². The van der Waals surface area contributed by atoms with Crippen LogP contribution in [0.15, 0.2) is 48.5 Å². The van der Waals surface area contributed by atoms with Gasteiger partial charge in [0.25, 0.3) is 0 Å². The molecule has 0 spiro atoms. The van der Waals surface area contributed by atoms with Gasteiger partial charge in [0.15, 0.2) is 0 Å². The van der Waals surface area contributed by atoms with E-state index in [4.69, 9.17) is 10.5 Å². The van der Waals surface area contributed by atoms with Gasteiger partial charge in [-0.05, 0) is 42.7 Å². The molecule has 0 aliphatic carbocycles. The molecule has 0 saturated heterocycles. The molecule has 0 fully saturated rings. The first-order valence-electron chi connectivity index (χ1n) is 6.05. The van der Waals surface area contributed by atoms with E-state index in [0.29, 0.717) is 0 Å². The number of ether oxygens (including phenoxy) is 1. The summed E-state index contributed by atoms with van der Waals surface area (Å²) in [7, 11) is 1.67. The first-order chi connectivity index (χ1) is 8.55. The maximum absolute atomic E-state index is 6.51. The molecule has 2 rings (SSSR count). The summed E-state index contributed by atoms with van der Waals surface area (Å²) in [5, 5.41) is 0. The molecule has 0 amide bonds. The minimum absolute atomic E-state index is 0.488. The predicted octanol–water partition coefficient (Wildman–Crippen LogP) is 3.23. The number of nitrogens with two attached hydrogens (primary N) is 1. The maximum Gasteiger partial charge on any atom is 0.119 e. The van der Waals surface area contributed by atoms with Crippen LogP contribution >= 0.6 is 0 Å². The van der Waals surface area contributed by atoms with Crippen LogP contribution < -0.4 is 10.5 Å². The summed E-state index contributed by atoms with van der Waals surface area (Å²) >= 11 is 0. The second-order valence-electron chi connectivity index (χ2n) is 4.75. The zero-order chi connectivity index (χ0) is 13.2. The summed E-state index contributed by atoms with van der Waals surface area (Å²) in [6, 6.07) is 16.2. The number of hydrogen-bond donors (Lipinski definition) is 1. The molecule has 0 aliphatic rings. The molecular formula is C16H19NO. The summed E-state index contributed by atoms with van der Waals surface area (Å²) in [5.41, 5.74) is 9.39. The third-order valence-corrected chi connectivity index (χ3v) is 3.37. The van der Waals surface area contributed by atoms with Crippen LogP contribution in [0, 0.1) is 6.92 Å². The van der Waals surface area contributed by atoms with Gasteiger partial charge in [-0.3, -0.25) is 0 Å². The smallest absolute Gasteiger partial charge is 0.119 e. The van der Waals surface area contributed by atoms with Crippen LogP contribution in [0.1, 0.15) is 23.6 Å². The summed E-state index contributed by atoms with van der Waals surface area (Å²) in [5.74, 6) is 0.861. The lowest BCUT2D eigenvalue weighted by Crippen LogP contribution is -2.35. The Hall–Kier alpha value is -1.80. The topological polar surface area (TPSA) is 35.2 Å². The average molecular weight is 241 g/mol. The lowest BCUT2D eigenvalue weighted by Gasteiger charge is -2.28. The van der Waals surface area contributed by atoms with Crippen molar-refractivity contribution in [2.45, 2.75) is 19.4 Å². The van der Waals surface area contributed by atoms with Gasteiger partial charge in [0.05, 0.1) is 12.6 Å². The third-order valence-electron chi connectivity index (χ3n) is 3.37. The van der Waals surface area contributed by atoms with Gasteiger partial charge in [0, 0.05) is 0 Å². The van der Waals surface area contributed by atoms with Crippen LogP contribution in [0.3, 0.4) is 0 Å². The van der Waals surface area contributed by atoms with Gasteiger partial charge >= 0.3 is 0 Å². The molecule has 2 heteroatoms. The Bertz CT molecular complexity index is 532. The molecule has 2 aromatic carbocycles. The van der Waals surface area contributed by atoms with E-state index < -0.39 is 5.54 Å². The highest BCUT2D eigenvalue weighted by Gasteiger charge is 2.25. The second kappa shape index (κ2) is 4.83. The van der Waals surface area contributed by atoms with Crippen molar-refractivity contribution in [1.82, 2.24) is 0 Å². The zero-order valence-electron chi connectivity index (χ0n) is 11.1. The molecule has 0 bridgehead atoms. The molecular weight excluding hydrogens is 222 g/mol. The van der Waals surface area contributed by atoms with E-state index in [9.17, 15) is 0 Å². The second-order valence-corrected chi connectivity index (χ2v) is 4.75. The van der Waals surface area contributed by atoms with Gasteiger partial charge in [0.1, 0.15) is 5.75 Å². The normalized spacial score (nSPS) is 14.0. The van der Waals surface area contributed by atoms with Crippen molar-refractivity contribution < 1.29 is 4.74 Å². The van der Waals surface area contributed by atoms with Gasteiger partial charge in [-0.25, -0.2) is 0 Å². The maximum atomic E-state index is 6.51. The fourth-order valence-electron chi connectivity index (χ4n) is 2.29. The molecule has 18 heavy (non-hydrogen) atoms. The quantitative estimate of drug-likeness (QED) is 0.895. The van der Waals surface area contributed by atoms with Gasteiger partial charge in [-0.1, -0.05) is 36.4 Å². The summed E-state index contributed by atoms with van der Waals surface area (Å²) < 4.78 is 5.23. The van der Waals surface area contributed by atoms with E-state index in [-0.39, 0.29) is 0 Å². The van der Waals surface area contributed by atoms with Gasteiger partial charge < -0.3 is 10.5 Å². The standard InChI is InChI=1S/C16H19NO/c1-12-11-14(18-3)9-10-15(12)16(2,17)13-7-5-4-6-8-13/h4-11H,17H2,1-3H3. The molecule has 2 nitrogen and oxygen atoms in total. The number of hydrogen-bond acceptors (Lipinski definition) is 2. The van der Waals surface area contributed by atoms with Crippen molar-refractivity contribution in [3.63, 3.8) is 0 Å². The summed E-state index contributed by atoms with van der Waals surface area (Å²) in [6.45, 7) is 4.10. The Morgan fingerprint density at radius 1 is 1.06 bits per heavy atom. The largest absolute Gasteiger partial charge is 0.497 e. The third kappa shape index (κ3) is 2.24. The van der Waals surface area contributed by atoms with Crippen molar-refractivity contribution >= 4 is 0 Å². The fraction of sp³-hybridized carbons (Fsp3) is 0.250. The van der Waals surface area contributed by atoms with Crippen molar-refractivity contribution in [3.05, 3.63) is 65.2 Å². The molecule has 0 saturated carbocycles. The number of benzene rings is 2. The zero-order valence-corrected chi connectivity index (χ0v) is 11.1. The minimum atomic E-state index is -0.488. The van der Waals surface area contributed by atoms with Crippen molar-refractivity contribution in [2.75, 3.05) is 7.11 Å².